The third kappa shape index (κ3) is 9.52. The number of quaternary nitrogens is 1. The zero-order chi connectivity index (χ0) is 33.6. The van der Waals surface area contributed by atoms with Gasteiger partial charge in [0, 0.05) is 0 Å². The Kier molecular flexibility index (Phi) is 15.3. The molecule has 45 heavy (non-hydrogen) atoms. The molecule has 17 atom stereocenters. The minimum atomic E-state index is -4.93. The number of ether oxygens (including phenoxy) is 4. The van der Waals surface area contributed by atoms with Gasteiger partial charge < -0.3 is 80.6 Å². The van der Waals surface area contributed by atoms with Crippen LogP contribution in [0.4, 0.5) is 0 Å². The predicted octanol–water partition coefficient (Wildman–Crippen LogP) is -6.31. The summed E-state index contributed by atoms with van der Waals surface area (Å²) in [6.45, 7) is -1.81. The van der Waals surface area contributed by atoms with E-state index >= 15 is 0 Å². The van der Waals surface area contributed by atoms with E-state index in [1.54, 1.807) is 0 Å². The Balaban J connectivity index is 1.73. The Morgan fingerprint density at radius 1 is 0.644 bits per heavy atom. The van der Waals surface area contributed by atoms with E-state index in [2.05, 4.69) is 18.4 Å². The average Bonchev–Trinajstić information content (AvgIpc) is 3.01. The first kappa shape index (κ1) is 39.3. The van der Waals surface area contributed by atoms with Crippen LogP contribution >= 0.6 is 20.5 Å². The summed E-state index contributed by atoms with van der Waals surface area (Å²) in [6.07, 6.45) is -24.1. The Hall–Kier alpha value is -0.140. The fraction of sp³-hybridized carbons (Fsp3) is 1.00. The number of unbranched alkanes of at least 4 members (excludes halogenated alkanes) is 3. The van der Waals surface area contributed by atoms with Crippen molar-refractivity contribution in [2.45, 2.75) is 124 Å². The number of aliphatic hydroxyl groups is 10. The second-order valence-electron chi connectivity index (χ2n) is 11.3. The minimum Gasteiger partial charge on any atom is -0.394 e. The van der Waals surface area contributed by atoms with Gasteiger partial charge in [-0.3, -0.25) is 9.05 Å². The van der Waals surface area contributed by atoms with Gasteiger partial charge in [0.15, 0.2) is 12.3 Å². The van der Waals surface area contributed by atoms with Crippen LogP contribution in [0, 0.1) is 0 Å². The van der Waals surface area contributed by atoms with Crippen LogP contribution in [0.15, 0.2) is 0 Å². The maximum atomic E-state index is 12.7. The third-order valence-electron chi connectivity index (χ3n) is 8.02. The van der Waals surface area contributed by atoms with Gasteiger partial charge in [-0.05, 0) is 18.6 Å². The molecule has 0 radical (unpaired) electrons. The summed E-state index contributed by atoms with van der Waals surface area (Å²) in [5.74, 6) is 0.681. The topological polar surface area (TPSA) is 323 Å². The Bertz CT molecular complexity index is 941. The molecule has 0 spiro atoms. The van der Waals surface area contributed by atoms with E-state index in [0.29, 0.717) is 18.6 Å². The molecule has 0 amide bonds. The maximum absolute atomic E-state index is 12.7. The van der Waals surface area contributed by atoms with Gasteiger partial charge in [0.25, 0.3) is 0 Å². The first-order chi connectivity index (χ1) is 21.2. The molecule has 19 nitrogen and oxygen atoms in total. The van der Waals surface area contributed by atoms with Gasteiger partial charge in [-0.1, -0.05) is 12.8 Å². The molecule has 1 saturated carbocycles. The summed E-state index contributed by atoms with van der Waals surface area (Å²) < 4.78 is 45.0. The number of aliphatic hydroxyl groups excluding tert-OH is 10. The van der Waals surface area contributed by atoms with Crippen molar-refractivity contribution in [3.8, 4) is 0 Å². The Morgan fingerprint density at radius 3 is 1.78 bits per heavy atom. The smallest absolute Gasteiger partial charge is 0.394 e. The largest absolute Gasteiger partial charge is 0.472 e. The molecule has 0 bridgehead atoms. The van der Waals surface area contributed by atoms with Crippen LogP contribution in [0.1, 0.15) is 25.7 Å². The van der Waals surface area contributed by atoms with Gasteiger partial charge in [-0.2, -0.15) is 12.6 Å². The minimum absolute atomic E-state index is 0.199. The van der Waals surface area contributed by atoms with Crippen LogP contribution < -0.4 is 5.73 Å². The van der Waals surface area contributed by atoms with Crippen molar-refractivity contribution < 1.29 is 94.3 Å². The van der Waals surface area contributed by atoms with Crippen molar-refractivity contribution in [3.05, 3.63) is 0 Å². The van der Waals surface area contributed by atoms with Crippen LogP contribution in [-0.4, -0.2) is 180 Å². The summed E-state index contributed by atoms with van der Waals surface area (Å²) in [4.78, 5) is 10.3. The summed E-state index contributed by atoms with van der Waals surface area (Å²) in [6, 6.07) is -1.36. The molecule has 1 unspecified atom stereocenters. The van der Waals surface area contributed by atoms with Crippen LogP contribution in [0.5, 0.6) is 0 Å². The molecule has 3 rings (SSSR count). The van der Waals surface area contributed by atoms with Crippen molar-refractivity contribution in [2.24, 2.45) is 0 Å². The first-order valence-electron chi connectivity index (χ1n) is 14.6. The van der Waals surface area contributed by atoms with Gasteiger partial charge in [-0.25, -0.2) is 4.57 Å². The van der Waals surface area contributed by atoms with Crippen LogP contribution in [0.3, 0.4) is 0 Å². The molecule has 21 heteroatoms. The van der Waals surface area contributed by atoms with Crippen molar-refractivity contribution in [3.63, 3.8) is 0 Å². The summed E-state index contributed by atoms with van der Waals surface area (Å²) in [7, 11) is -4.93. The number of phosphoric acid groups is 1. The Morgan fingerprint density at radius 2 is 1.18 bits per heavy atom. The number of rotatable bonds is 15. The van der Waals surface area contributed by atoms with E-state index in [1.807, 2.05) is 0 Å². The molecule has 0 aromatic heterocycles. The van der Waals surface area contributed by atoms with E-state index in [9.17, 15) is 60.5 Å². The Labute approximate surface area is 264 Å². The highest BCUT2D eigenvalue weighted by Gasteiger charge is 2.57. The lowest BCUT2D eigenvalue weighted by Gasteiger charge is -2.48. The van der Waals surface area contributed by atoms with Gasteiger partial charge in [0.2, 0.25) is 6.29 Å². The normalized spacial score (nSPS) is 45.7. The number of hydrogen-bond donors (Lipinski definition) is 13. The highest BCUT2D eigenvalue weighted by atomic mass is 32.1. The summed E-state index contributed by atoms with van der Waals surface area (Å²) >= 11 is 4.10. The summed E-state index contributed by atoms with van der Waals surface area (Å²) in [5, 5.41) is 103. The fourth-order valence-corrected chi connectivity index (χ4v) is 6.50. The van der Waals surface area contributed by atoms with Crippen molar-refractivity contribution in [1.82, 2.24) is 0 Å². The fourth-order valence-electron chi connectivity index (χ4n) is 5.31. The molecule has 3 fully saturated rings. The zero-order valence-corrected chi connectivity index (χ0v) is 26.1. The highest BCUT2D eigenvalue weighted by molar-refractivity contribution is 7.80. The van der Waals surface area contributed by atoms with Gasteiger partial charge in [0.05, 0.1) is 19.8 Å². The molecule has 0 aromatic carbocycles. The predicted molar refractivity (Wildman–Crippen MR) is 149 cm³/mol. The lowest BCUT2D eigenvalue weighted by molar-refractivity contribution is -0.510. The number of thiol groups is 1. The third-order valence-corrected chi connectivity index (χ3v) is 9.35. The van der Waals surface area contributed by atoms with E-state index in [0.717, 1.165) is 12.8 Å². The standard InChI is InChI=1S/C24H46NO18PS/c25-11-13(29)20(41-24-19(35)14(30)12(28)9(7-26)39-24)10(8-27)40-23(11)42-21-17(33)15(31)16(32)18(34)22(21)43-44(36,37)38-5-3-1-2-4-6-45/h9-24,26-35,45H,1-8,25H2,(H,36,37)/p+1/t9-,10-,11-,12-,13-,14+,15-,16-,17+,18-,19+,20-,21-,22-,23-,24-/m1/s1. The molecule has 0 aromatic rings. The quantitative estimate of drug-likeness (QED) is 0.0429. The van der Waals surface area contributed by atoms with Gasteiger partial charge in [0.1, 0.15) is 79.4 Å². The van der Waals surface area contributed by atoms with Crippen LogP contribution in [0.2, 0.25) is 0 Å². The van der Waals surface area contributed by atoms with Gasteiger partial charge in [-0.15, -0.1) is 0 Å². The second-order valence-corrected chi connectivity index (χ2v) is 13.1. The molecule has 1 aliphatic carbocycles. The summed E-state index contributed by atoms with van der Waals surface area (Å²) in [5.41, 5.74) is 3.74. The lowest BCUT2D eigenvalue weighted by atomic mass is 9.84. The number of hydrogen-bond acceptors (Lipinski definition) is 18. The van der Waals surface area contributed by atoms with Crippen molar-refractivity contribution in [2.75, 3.05) is 25.6 Å². The van der Waals surface area contributed by atoms with Crippen LogP contribution in [0.25, 0.3) is 0 Å². The number of phosphoric ester groups is 1. The highest BCUT2D eigenvalue weighted by Crippen LogP contribution is 2.48. The molecule has 2 aliphatic heterocycles. The SMILES string of the molecule is [NH3+][C@H]1[C@@H](O[C@@H]2[C@@H](O)[C@H](O)[C@@H](O)[C@@H](O)[C@H]2OP(=O)(O)OCCCCCCS)O[C@H](CO)[C@@H](O[C@H]2O[C@H](CO)[C@@H](O)[C@H](O)[C@@H]2O)[C@@H]1O. The lowest BCUT2D eigenvalue weighted by Crippen LogP contribution is -2.79. The van der Waals surface area contributed by atoms with E-state index in [1.165, 1.54) is 0 Å². The zero-order valence-electron chi connectivity index (χ0n) is 24.3. The van der Waals surface area contributed by atoms with E-state index in [-0.39, 0.29) is 6.61 Å². The van der Waals surface area contributed by atoms with Gasteiger partial charge >= 0.3 is 7.82 Å². The molecular formula is C24H47NO18PS+. The first-order valence-corrected chi connectivity index (χ1v) is 16.7. The molecule has 266 valence electrons. The van der Waals surface area contributed by atoms with Crippen molar-refractivity contribution in [1.29, 1.82) is 0 Å². The average molecular weight is 701 g/mol. The second kappa shape index (κ2) is 17.5. The molecule has 14 N–H and O–H groups in total. The molecule has 3 aliphatic rings. The molecule has 2 heterocycles. The van der Waals surface area contributed by atoms with Crippen LogP contribution in [-0.2, 0) is 32.6 Å². The maximum Gasteiger partial charge on any atom is 0.472 e. The molecular weight excluding hydrogens is 653 g/mol. The van der Waals surface area contributed by atoms with Crippen molar-refractivity contribution >= 4 is 20.5 Å². The monoisotopic (exact) mass is 700 g/mol. The van der Waals surface area contributed by atoms with E-state index < -0.39 is 119 Å². The molecule has 2 saturated heterocycles. The van der Waals surface area contributed by atoms with E-state index in [4.69, 9.17) is 28.0 Å².